The van der Waals surface area contributed by atoms with Crippen molar-refractivity contribution in [3.8, 4) is 5.75 Å². The number of phenols is 1. The summed E-state index contributed by atoms with van der Waals surface area (Å²) in [6.07, 6.45) is -1.33. The molecule has 6 nitrogen and oxygen atoms in total. The Bertz CT molecular complexity index is 1340. The SMILES string of the molecule is O=C(/C=C/C=C(/c1ccc(O)cc1)c1ccc(C(F)(F)F)cc1)Nc1cccc2c1CC(O)C(=O)N2. The largest absolute Gasteiger partial charge is 0.508 e. The van der Waals surface area contributed by atoms with E-state index in [1.165, 1.54) is 36.4 Å². The maximum atomic E-state index is 13.0. The van der Waals surface area contributed by atoms with Gasteiger partial charge in [-0.15, -0.1) is 0 Å². The lowest BCUT2D eigenvalue weighted by Gasteiger charge is -2.23. The molecule has 0 bridgehead atoms. The van der Waals surface area contributed by atoms with Gasteiger partial charge in [-0.1, -0.05) is 42.5 Å². The number of fused-ring (bicyclic) bond motifs is 1. The number of aromatic hydroxyl groups is 1. The van der Waals surface area contributed by atoms with Crippen LogP contribution >= 0.6 is 0 Å². The van der Waals surface area contributed by atoms with Crippen molar-refractivity contribution in [2.45, 2.75) is 18.7 Å². The molecular formula is C27H21F3N2O4. The molecule has 0 radical (unpaired) electrons. The molecule has 4 rings (SSSR count). The van der Waals surface area contributed by atoms with E-state index < -0.39 is 29.7 Å². The standard InChI is InChI=1S/C27H21F3N2O4/c28-27(29,30)18-11-7-16(8-12-18)20(17-9-13-19(33)14-10-17)3-1-6-25(35)31-22-4-2-5-23-21(22)15-24(34)26(36)32-23/h1-14,24,33-34H,15H2,(H,31,35)(H,32,36)/b6-1+,20-3+. The molecule has 2 amide bonds. The topological polar surface area (TPSA) is 98.7 Å². The van der Waals surface area contributed by atoms with Crippen LogP contribution in [-0.4, -0.2) is 28.1 Å². The molecule has 0 aliphatic carbocycles. The monoisotopic (exact) mass is 494 g/mol. The molecule has 0 aromatic heterocycles. The van der Waals surface area contributed by atoms with Crippen LogP contribution in [0.5, 0.6) is 5.75 Å². The second kappa shape index (κ2) is 10.1. The van der Waals surface area contributed by atoms with Crippen molar-refractivity contribution in [3.05, 3.63) is 107 Å². The highest BCUT2D eigenvalue weighted by atomic mass is 19.4. The normalized spacial score (nSPS) is 15.9. The van der Waals surface area contributed by atoms with Crippen molar-refractivity contribution < 1.29 is 33.0 Å². The van der Waals surface area contributed by atoms with Gasteiger partial charge in [-0.05, 0) is 53.1 Å². The highest BCUT2D eigenvalue weighted by molar-refractivity contribution is 6.03. The average molecular weight is 494 g/mol. The van der Waals surface area contributed by atoms with Crippen molar-refractivity contribution in [1.29, 1.82) is 0 Å². The van der Waals surface area contributed by atoms with E-state index in [0.717, 1.165) is 12.1 Å². The van der Waals surface area contributed by atoms with Gasteiger partial charge in [-0.3, -0.25) is 9.59 Å². The van der Waals surface area contributed by atoms with Crippen molar-refractivity contribution >= 4 is 28.8 Å². The Kier molecular flexibility index (Phi) is 6.93. The van der Waals surface area contributed by atoms with Gasteiger partial charge in [0, 0.05) is 29.4 Å². The van der Waals surface area contributed by atoms with E-state index in [9.17, 15) is 33.0 Å². The number of carbonyl (C=O) groups excluding carboxylic acids is 2. The predicted octanol–water partition coefficient (Wildman–Crippen LogP) is 4.89. The fraction of sp³-hybridized carbons (Fsp3) is 0.111. The van der Waals surface area contributed by atoms with E-state index in [-0.39, 0.29) is 12.2 Å². The summed E-state index contributed by atoms with van der Waals surface area (Å²) in [6.45, 7) is 0. The van der Waals surface area contributed by atoms with Crippen LogP contribution < -0.4 is 10.6 Å². The third kappa shape index (κ3) is 5.64. The molecule has 3 aromatic carbocycles. The lowest BCUT2D eigenvalue weighted by Crippen LogP contribution is -2.34. The fourth-order valence-electron chi connectivity index (χ4n) is 3.79. The minimum absolute atomic E-state index is 0.0351. The predicted molar refractivity (Wildman–Crippen MR) is 129 cm³/mol. The van der Waals surface area contributed by atoms with Crippen LogP contribution in [0.25, 0.3) is 5.57 Å². The van der Waals surface area contributed by atoms with Crippen molar-refractivity contribution in [2.24, 2.45) is 0 Å². The highest BCUT2D eigenvalue weighted by Gasteiger charge is 2.30. The number of amides is 2. The first-order valence-electron chi connectivity index (χ1n) is 10.9. The van der Waals surface area contributed by atoms with Gasteiger partial charge >= 0.3 is 6.18 Å². The lowest BCUT2D eigenvalue weighted by molar-refractivity contribution is -0.137. The van der Waals surface area contributed by atoms with E-state index in [2.05, 4.69) is 10.6 Å². The van der Waals surface area contributed by atoms with E-state index in [0.29, 0.717) is 33.6 Å². The number of anilines is 2. The highest BCUT2D eigenvalue weighted by Crippen LogP contribution is 2.32. The van der Waals surface area contributed by atoms with Gasteiger partial charge in [-0.25, -0.2) is 0 Å². The van der Waals surface area contributed by atoms with Gasteiger partial charge < -0.3 is 20.8 Å². The molecule has 1 unspecified atom stereocenters. The molecule has 36 heavy (non-hydrogen) atoms. The zero-order valence-corrected chi connectivity index (χ0v) is 18.7. The van der Waals surface area contributed by atoms with Crippen LogP contribution in [0.2, 0.25) is 0 Å². The number of rotatable bonds is 5. The number of nitrogens with one attached hydrogen (secondary N) is 2. The summed E-state index contributed by atoms with van der Waals surface area (Å²) in [6, 6.07) is 15.7. The number of alkyl halides is 3. The smallest absolute Gasteiger partial charge is 0.416 e. The van der Waals surface area contributed by atoms with Crippen molar-refractivity contribution in [1.82, 2.24) is 0 Å². The number of allylic oxidation sites excluding steroid dienone is 2. The molecule has 1 atom stereocenters. The van der Waals surface area contributed by atoms with E-state index in [4.69, 9.17) is 0 Å². The zero-order valence-electron chi connectivity index (χ0n) is 18.7. The quantitative estimate of drug-likeness (QED) is 0.300. The molecule has 9 heteroatoms. The maximum Gasteiger partial charge on any atom is 0.416 e. The van der Waals surface area contributed by atoms with E-state index >= 15 is 0 Å². The third-order valence-corrected chi connectivity index (χ3v) is 5.60. The summed E-state index contributed by atoms with van der Waals surface area (Å²) in [5.74, 6) is -0.961. The number of benzene rings is 3. The molecule has 1 heterocycles. The molecule has 4 N–H and O–H groups in total. The minimum Gasteiger partial charge on any atom is -0.508 e. The van der Waals surface area contributed by atoms with Crippen LogP contribution in [0.15, 0.2) is 85.0 Å². The Hall–Kier alpha value is -4.37. The summed E-state index contributed by atoms with van der Waals surface area (Å²) in [4.78, 5) is 24.2. The van der Waals surface area contributed by atoms with Crippen molar-refractivity contribution in [2.75, 3.05) is 10.6 Å². The summed E-state index contributed by atoms with van der Waals surface area (Å²) in [7, 11) is 0. The first-order valence-corrected chi connectivity index (χ1v) is 10.9. The summed E-state index contributed by atoms with van der Waals surface area (Å²) < 4.78 is 38.9. The number of phenolic OH excluding ortho intramolecular Hbond substituents is 1. The molecule has 3 aromatic rings. The molecule has 0 saturated heterocycles. The van der Waals surface area contributed by atoms with Crippen molar-refractivity contribution in [3.63, 3.8) is 0 Å². The number of aliphatic hydroxyl groups is 1. The Morgan fingerprint density at radius 3 is 2.28 bits per heavy atom. The van der Waals surface area contributed by atoms with Gasteiger partial charge in [0.2, 0.25) is 5.91 Å². The third-order valence-electron chi connectivity index (χ3n) is 5.60. The number of aliphatic hydroxyl groups excluding tert-OH is 1. The van der Waals surface area contributed by atoms with Gasteiger partial charge in [0.25, 0.3) is 5.91 Å². The number of halogens is 3. The van der Waals surface area contributed by atoms with Crippen LogP contribution in [0, 0.1) is 0 Å². The molecular weight excluding hydrogens is 473 g/mol. The summed E-state index contributed by atoms with van der Waals surface area (Å²) in [5, 5.41) is 24.7. The maximum absolute atomic E-state index is 13.0. The number of carbonyl (C=O) groups is 2. The molecule has 1 aliphatic rings. The first kappa shape index (κ1) is 24.7. The van der Waals surface area contributed by atoms with Crippen LogP contribution in [0.4, 0.5) is 24.5 Å². The second-order valence-corrected chi connectivity index (χ2v) is 8.09. The summed E-state index contributed by atoms with van der Waals surface area (Å²) >= 11 is 0. The second-order valence-electron chi connectivity index (χ2n) is 8.09. The Morgan fingerprint density at radius 2 is 1.64 bits per heavy atom. The summed E-state index contributed by atoms with van der Waals surface area (Å²) in [5.41, 5.74) is 2.40. The molecule has 184 valence electrons. The van der Waals surface area contributed by atoms with Gasteiger partial charge in [0.15, 0.2) is 0 Å². The fourth-order valence-corrected chi connectivity index (χ4v) is 3.79. The zero-order chi connectivity index (χ0) is 25.9. The van der Waals surface area contributed by atoms with Gasteiger partial charge in [0.1, 0.15) is 11.9 Å². The van der Waals surface area contributed by atoms with E-state index in [1.54, 1.807) is 36.4 Å². The van der Waals surface area contributed by atoms with Crippen LogP contribution in [0.3, 0.4) is 0 Å². The molecule has 0 saturated carbocycles. The molecule has 0 spiro atoms. The van der Waals surface area contributed by atoms with Crippen LogP contribution in [0.1, 0.15) is 22.3 Å². The lowest BCUT2D eigenvalue weighted by atomic mass is 9.96. The minimum atomic E-state index is -4.46. The van der Waals surface area contributed by atoms with E-state index in [1.807, 2.05) is 0 Å². The first-order chi connectivity index (χ1) is 17.1. The van der Waals surface area contributed by atoms with Gasteiger partial charge in [-0.2, -0.15) is 13.2 Å². The number of hydrogen-bond donors (Lipinski definition) is 4. The Labute approximate surface area is 204 Å². The molecule has 0 fully saturated rings. The Balaban J connectivity index is 1.58. The average Bonchev–Trinajstić information content (AvgIpc) is 2.83. The number of hydrogen-bond acceptors (Lipinski definition) is 4. The van der Waals surface area contributed by atoms with Crippen LogP contribution in [-0.2, 0) is 22.2 Å². The Morgan fingerprint density at radius 1 is 1.00 bits per heavy atom. The van der Waals surface area contributed by atoms with Gasteiger partial charge in [0.05, 0.1) is 5.56 Å². The molecule has 1 aliphatic heterocycles.